The largest absolute Gasteiger partial charge is 0.313 e. The van der Waals surface area contributed by atoms with Gasteiger partial charge >= 0.3 is 0 Å². The molecule has 0 bridgehead atoms. The van der Waals surface area contributed by atoms with Crippen LogP contribution in [0.3, 0.4) is 0 Å². The zero-order chi connectivity index (χ0) is 6.74. The summed E-state index contributed by atoms with van der Waals surface area (Å²) < 4.78 is 0. The molecule has 2 heteroatoms. The van der Waals surface area contributed by atoms with E-state index in [2.05, 4.69) is 6.08 Å². The van der Waals surface area contributed by atoms with E-state index in [1.807, 2.05) is 24.5 Å². The van der Waals surface area contributed by atoms with E-state index in [9.17, 15) is 0 Å². The van der Waals surface area contributed by atoms with Gasteiger partial charge in [0.1, 0.15) is 0 Å². The minimum absolute atomic E-state index is 0.130. The molecule has 9 heavy (non-hydrogen) atoms. The maximum absolute atomic E-state index is 5.88. The lowest BCUT2D eigenvalue weighted by Gasteiger charge is -2.23. The highest BCUT2D eigenvalue weighted by Crippen LogP contribution is 2.24. The SMILES string of the molecule is CSC1(N)C=CC=CC1. The summed E-state index contributed by atoms with van der Waals surface area (Å²) in [7, 11) is 0. The second kappa shape index (κ2) is 2.58. The molecule has 1 nitrogen and oxygen atoms in total. The van der Waals surface area contributed by atoms with Crippen molar-refractivity contribution < 1.29 is 0 Å². The van der Waals surface area contributed by atoms with Gasteiger partial charge in [-0.3, -0.25) is 0 Å². The zero-order valence-corrected chi connectivity index (χ0v) is 6.32. The smallest absolute Gasteiger partial charge is 0.0841 e. The quantitative estimate of drug-likeness (QED) is 0.560. The summed E-state index contributed by atoms with van der Waals surface area (Å²) in [6.45, 7) is 0. The van der Waals surface area contributed by atoms with Crippen molar-refractivity contribution in [1.29, 1.82) is 0 Å². The van der Waals surface area contributed by atoms with E-state index in [4.69, 9.17) is 5.73 Å². The first-order chi connectivity index (χ1) is 4.27. The summed E-state index contributed by atoms with van der Waals surface area (Å²) in [6.07, 6.45) is 11.1. The van der Waals surface area contributed by atoms with Crippen LogP contribution < -0.4 is 5.73 Å². The van der Waals surface area contributed by atoms with Gasteiger partial charge in [-0.1, -0.05) is 24.3 Å². The van der Waals surface area contributed by atoms with Crippen molar-refractivity contribution >= 4 is 11.8 Å². The lowest BCUT2D eigenvalue weighted by Crippen LogP contribution is -2.33. The molecule has 0 fully saturated rings. The monoisotopic (exact) mass is 141 g/mol. The van der Waals surface area contributed by atoms with E-state index >= 15 is 0 Å². The van der Waals surface area contributed by atoms with Gasteiger partial charge in [0.25, 0.3) is 0 Å². The Morgan fingerprint density at radius 1 is 1.56 bits per heavy atom. The Morgan fingerprint density at radius 2 is 2.33 bits per heavy atom. The van der Waals surface area contributed by atoms with Gasteiger partial charge in [-0.2, -0.15) is 0 Å². The Hall–Kier alpha value is -0.210. The third kappa shape index (κ3) is 1.60. The Bertz CT molecular complexity index is 151. The molecule has 1 aliphatic rings. The molecule has 0 spiro atoms. The average Bonchev–Trinajstić information content (AvgIpc) is 1.90. The molecule has 0 aromatic carbocycles. The molecule has 1 atom stereocenters. The first-order valence-electron chi connectivity index (χ1n) is 2.95. The van der Waals surface area contributed by atoms with Crippen molar-refractivity contribution in [1.82, 2.24) is 0 Å². The molecule has 0 aromatic rings. The molecular formula is C7H11NS. The van der Waals surface area contributed by atoms with E-state index in [1.165, 1.54) is 0 Å². The fourth-order valence-corrected chi connectivity index (χ4v) is 1.25. The molecule has 0 radical (unpaired) electrons. The molecule has 0 heterocycles. The van der Waals surface area contributed by atoms with Crippen molar-refractivity contribution in [3.63, 3.8) is 0 Å². The standard InChI is InChI=1S/C7H11NS/c1-9-7(8)5-3-2-4-6-7/h2-5H,6,8H2,1H3. The lowest BCUT2D eigenvalue weighted by atomic mass is 10.1. The topological polar surface area (TPSA) is 26.0 Å². The third-order valence-corrected chi connectivity index (χ3v) is 2.51. The molecule has 1 aliphatic carbocycles. The average molecular weight is 141 g/mol. The number of allylic oxidation sites excluding steroid dienone is 2. The van der Waals surface area contributed by atoms with Crippen molar-refractivity contribution in [3.05, 3.63) is 24.3 Å². The molecular weight excluding hydrogens is 130 g/mol. The lowest BCUT2D eigenvalue weighted by molar-refractivity contribution is 0.759. The van der Waals surface area contributed by atoms with Gasteiger partial charge in [-0.05, 0) is 12.7 Å². The summed E-state index contributed by atoms with van der Waals surface area (Å²) in [5, 5.41) is 0. The van der Waals surface area contributed by atoms with Crippen LogP contribution in [0.5, 0.6) is 0 Å². The van der Waals surface area contributed by atoms with E-state index in [0.717, 1.165) is 6.42 Å². The molecule has 2 N–H and O–H groups in total. The number of hydrogen-bond donors (Lipinski definition) is 1. The normalized spacial score (nSPS) is 33.1. The van der Waals surface area contributed by atoms with Crippen LogP contribution in [0.15, 0.2) is 24.3 Å². The van der Waals surface area contributed by atoms with Crippen LogP contribution in [0.1, 0.15) is 6.42 Å². The molecule has 0 aliphatic heterocycles. The van der Waals surface area contributed by atoms with E-state index in [-0.39, 0.29) is 4.87 Å². The number of rotatable bonds is 1. The zero-order valence-electron chi connectivity index (χ0n) is 5.50. The molecule has 1 rings (SSSR count). The van der Waals surface area contributed by atoms with Crippen LogP contribution >= 0.6 is 11.8 Å². The second-order valence-corrected chi connectivity index (χ2v) is 3.32. The van der Waals surface area contributed by atoms with Gasteiger partial charge in [0.2, 0.25) is 0 Å². The van der Waals surface area contributed by atoms with E-state index < -0.39 is 0 Å². The predicted molar refractivity (Wildman–Crippen MR) is 43.3 cm³/mol. The summed E-state index contributed by atoms with van der Waals surface area (Å²) in [6, 6.07) is 0. The number of nitrogens with two attached hydrogens (primary N) is 1. The first-order valence-corrected chi connectivity index (χ1v) is 4.18. The predicted octanol–water partition coefficient (Wildman–Crippen LogP) is 1.52. The van der Waals surface area contributed by atoms with Crippen LogP contribution in [0, 0.1) is 0 Å². The van der Waals surface area contributed by atoms with Gasteiger partial charge in [0, 0.05) is 0 Å². The summed E-state index contributed by atoms with van der Waals surface area (Å²) in [5.41, 5.74) is 5.88. The second-order valence-electron chi connectivity index (χ2n) is 2.15. The third-order valence-electron chi connectivity index (χ3n) is 1.44. The highest BCUT2D eigenvalue weighted by molar-refractivity contribution is 8.00. The molecule has 0 saturated heterocycles. The summed E-state index contributed by atoms with van der Waals surface area (Å²) >= 11 is 1.69. The van der Waals surface area contributed by atoms with Crippen LogP contribution in [-0.4, -0.2) is 11.1 Å². The minimum atomic E-state index is -0.130. The maximum Gasteiger partial charge on any atom is 0.0841 e. The summed E-state index contributed by atoms with van der Waals surface area (Å²) in [5.74, 6) is 0. The molecule has 0 aromatic heterocycles. The maximum atomic E-state index is 5.88. The first kappa shape index (κ1) is 6.90. The Balaban J connectivity index is 2.63. The van der Waals surface area contributed by atoms with Crippen molar-refractivity contribution in [2.24, 2.45) is 5.73 Å². The number of hydrogen-bond acceptors (Lipinski definition) is 2. The van der Waals surface area contributed by atoms with Crippen molar-refractivity contribution in [3.8, 4) is 0 Å². The fraction of sp³-hybridized carbons (Fsp3) is 0.429. The van der Waals surface area contributed by atoms with Crippen LogP contribution in [-0.2, 0) is 0 Å². The van der Waals surface area contributed by atoms with Crippen molar-refractivity contribution in [2.75, 3.05) is 6.26 Å². The van der Waals surface area contributed by atoms with Crippen molar-refractivity contribution in [2.45, 2.75) is 11.3 Å². The molecule has 0 amide bonds. The van der Waals surface area contributed by atoms with Gasteiger partial charge in [-0.25, -0.2) is 0 Å². The minimum Gasteiger partial charge on any atom is -0.313 e. The molecule has 0 saturated carbocycles. The molecule has 50 valence electrons. The van der Waals surface area contributed by atoms with Crippen LogP contribution in [0.25, 0.3) is 0 Å². The summed E-state index contributed by atoms with van der Waals surface area (Å²) in [4.78, 5) is -0.130. The van der Waals surface area contributed by atoms with Crippen LogP contribution in [0.2, 0.25) is 0 Å². The van der Waals surface area contributed by atoms with E-state index in [0.29, 0.717) is 0 Å². The highest BCUT2D eigenvalue weighted by atomic mass is 32.2. The van der Waals surface area contributed by atoms with Gasteiger partial charge < -0.3 is 5.73 Å². The Kier molecular flexibility index (Phi) is 1.98. The Morgan fingerprint density at radius 3 is 2.67 bits per heavy atom. The highest BCUT2D eigenvalue weighted by Gasteiger charge is 2.18. The van der Waals surface area contributed by atoms with Gasteiger partial charge in [0.05, 0.1) is 4.87 Å². The fourth-order valence-electron chi connectivity index (χ4n) is 0.769. The Labute approximate surface area is 60.0 Å². The number of thioether (sulfide) groups is 1. The molecule has 1 unspecified atom stereocenters. The van der Waals surface area contributed by atoms with E-state index in [1.54, 1.807) is 11.8 Å². The van der Waals surface area contributed by atoms with Gasteiger partial charge in [-0.15, -0.1) is 11.8 Å². The van der Waals surface area contributed by atoms with Gasteiger partial charge in [0.15, 0.2) is 0 Å². The van der Waals surface area contributed by atoms with Crippen LogP contribution in [0.4, 0.5) is 0 Å².